The largest absolute Gasteiger partial charge is 0.445 e. The van der Waals surface area contributed by atoms with Gasteiger partial charge in [0.05, 0.1) is 6.20 Å². The Bertz CT molecular complexity index is 1730. The monoisotopic (exact) mass is 595 g/mol. The van der Waals surface area contributed by atoms with E-state index in [1.54, 1.807) is 35.1 Å². The van der Waals surface area contributed by atoms with Crippen LogP contribution in [-0.4, -0.2) is 40.4 Å². The molecule has 226 valence electrons. The van der Waals surface area contributed by atoms with Crippen LogP contribution >= 0.6 is 0 Å². The zero-order chi connectivity index (χ0) is 30.2. The number of hydrogen-bond acceptors (Lipinski definition) is 5. The number of nitrogens with one attached hydrogen (secondary N) is 1. The maximum atomic E-state index is 14.5. The number of alkyl halides is 2. The van der Waals surface area contributed by atoms with Crippen LogP contribution in [0.25, 0.3) is 16.7 Å². The molecule has 3 aliphatic rings. The van der Waals surface area contributed by atoms with Crippen LogP contribution in [0.5, 0.6) is 0 Å². The predicted octanol–water partition coefficient (Wildman–Crippen LogP) is 7.14. The zero-order valence-corrected chi connectivity index (χ0v) is 24.7. The third-order valence-corrected chi connectivity index (χ3v) is 8.89. The van der Waals surface area contributed by atoms with Crippen molar-refractivity contribution in [1.29, 1.82) is 0 Å². The number of nitrogens with zero attached hydrogens (tertiary/aromatic N) is 4. The number of carbonyl (C=O) groups is 1. The smallest absolute Gasteiger partial charge is 0.410 e. The molecular formula is C35H35F2N5O2. The summed E-state index contributed by atoms with van der Waals surface area (Å²) >= 11 is 0. The summed E-state index contributed by atoms with van der Waals surface area (Å²) in [5.74, 6) is 0. The van der Waals surface area contributed by atoms with Crippen LogP contribution in [0.1, 0.15) is 52.6 Å². The van der Waals surface area contributed by atoms with E-state index in [-0.39, 0.29) is 18.3 Å². The second kappa shape index (κ2) is 11.9. The molecule has 0 fully saturated rings. The van der Waals surface area contributed by atoms with Crippen molar-refractivity contribution in [3.05, 3.63) is 106 Å². The number of amides is 1. The van der Waals surface area contributed by atoms with Gasteiger partial charge in [0.1, 0.15) is 6.61 Å². The van der Waals surface area contributed by atoms with E-state index in [2.05, 4.69) is 33.5 Å². The highest BCUT2D eigenvalue weighted by Crippen LogP contribution is 2.44. The van der Waals surface area contributed by atoms with Gasteiger partial charge in [0, 0.05) is 68.5 Å². The summed E-state index contributed by atoms with van der Waals surface area (Å²) in [6, 6.07) is 17.8. The van der Waals surface area contributed by atoms with Crippen LogP contribution in [0.4, 0.5) is 25.0 Å². The van der Waals surface area contributed by atoms with Gasteiger partial charge in [-0.2, -0.15) is 5.10 Å². The second-order valence-corrected chi connectivity index (χ2v) is 11.7. The van der Waals surface area contributed by atoms with Crippen LogP contribution in [-0.2, 0) is 37.9 Å². The van der Waals surface area contributed by atoms with E-state index in [4.69, 9.17) is 4.74 Å². The van der Waals surface area contributed by atoms with Crippen LogP contribution in [0, 0.1) is 0 Å². The molecule has 4 heterocycles. The predicted molar refractivity (Wildman–Crippen MR) is 167 cm³/mol. The van der Waals surface area contributed by atoms with Gasteiger partial charge in [-0.25, -0.2) is 13.6 Å². The van der Waals surface area contributed by atoms with Crippen molar-refractivity contribution < 1.29 is 18.3 Å². The Labute approximate surface area is 255 Å². The summed E-state index contributed by atoms with van der Waals surface area (Å²) in [6.45, 7) is 3.58. The second-order valence-electron chi connectivity index (χ2n) is 11.7. The lowest BCUT2D eigenvalue weighted by atomic mass is 9.91. The number of benzene rings is 3. The van der Waals surface area contributed by atoms with Gasteiger partial charge in [0.25, 0.3) is 6.43 Å². The Morgan fingerprint density at radius 3 is 2.61 bits per heavy atom. The lowest BCUT2D eigenvalue weighted by Crippen LogP contribution is -2.35. The number of carbonyl (C=O) groups excluding carboxylic acids is 1. The molecule has 3 aliphatic heterocycles. The fourth-order valence-electron chi connectivity index (χ4n) is 6.62. The molecule has 0 spiro atoms. The number of aromatic nitrogens is 2. The van der Waals surface area contributed by atoms with E-state index in [9.17, 15) is 13.6 Å². The Kier molecular flexibility index (Phi) is 7.64. The highest BCUT2D eigenvalue weighted by Gasteiger charge is 2.29. The third kappa shape index (κ3) is 5.48. The first kappa shape index (κ1) is 28.3. The molecule has 0 aliphatic carbocycles. The Morgan fingerprint density at radius 2 is 1.86 bits per heavy atom. The Morgan fingerprint density at radius 1 is 1.00 bits per heavy atom. The van der Waals surface area contributed by atoms with Gasteiger partial charge in [0.15, 0.2) is 0 Å². The first-order valence-electron chi connectivity index (χ1n) is 15.2. The first-order valence-corrected chi connectivity index (χ1v) is 15.2. The minimum atomic E-state index is -2.60. The summed E-state index contributed by atoms with van der Waals surface area (Å²) < 4.78 is 36.1. The minimum Gasteiger partial charge on any atom is -0.445 e. The van der Waals surface area contributed by atoms with Crippen LogP contribution in [0.2, 0.25) is 0 Å². The molecular weight excluding hydrogens is 560 g/mol. The molecule has 4 aromatic rings. The molecule has 0 atom stereocenters. The zero-order valence-electron chi connectivity index (χ0n) is 24.7. The molecule has 9 heteroatoms. The molecule has 0 radical (unpaired) electrons. The summed E-state index contributed by atoms with van der Waals surface area (Å²) in [7, 11) is 1.80. The van der Waals surface area contributed by atoms with Gasteiger partial charge < -0.3 is 19.9 Å². The number of halogens is 2. The van der Waals surface area contributed by atoms with Crippen molar-refractivity contribution in [1.82, 2.24) is 20.0 Å². The van der Waals surface area contributed by atoms with Crippen molar-refractivity contribution in [2.75, 3.05) is 24.5 Å². The molecule has 7 nitrogen and oxygen atoms in total. The van der Waals surface area contributed by atoms with Crippen molar-refractivity contribution >= 4 is 23.0 Å². The summed E-state index contributed by atoms with van der Waals surface area (Å²) in [5.41, 5.74) is 10.0. The molecule has 7 rings (SSSR count). The molecule has 1 N–H and O–H groups in total. The molecule has 1 aromatic heterocycles. The van der Waals surface area contributed by atoms with Crippen LogP contribution < -0.4 is 10.2 Å². The quantitative estimate of drug-likeness (QED) is 0.257. The normalized spacial score (nSPS) is 16.1. The van der Waals surface area contributed by atoms with Gasteiger partial charge in [-0.3, -0.25) is 4.68 Å². The number of ether oxygens (including phenoxy) is 1. The number of hydrogen-bond donors (Lipinski definition) is 1. The average Bonchev–Trinajstić information content (AvgIpc) is 3.72. The van der Waals surface area contributed by atoms with Crippen molar-refractivity contribution in [3.8, 4) is 11.1 Å². The summed E-state index contributed by atoms with van der Waals surface area (Å²) in [4.78, 5) is 16.7. The number of rotatable bonds is 6. The first-order chi connectivity index (χ1) is 21.4. The Hall–Kier alpha value is -4.50. The average molecular weight is 596 g/mol. The minimum absolute atomic E-state index is 0.0313. The lowest BCUT2D eigenvalue weighted by molar-refractivity contribution is 0.0998. The van der Waals surface area contributed by atoms with Crippen molar-refractivity contribution in [3.63, 3.8) is 0 Å². The van der Waals surface area contributed by atoms with E-state index >= 15 is 0 Å². The third-order valence-electron chi connectivity index (χ3n) is 8.89. The number of anilines is 2. The van der Waals surface area contributed by atoms with Gasteiger partial charge in [0.2, 0.25) is 0 Å². The maximum absolute atomic E-state index is 14.5. The van der Waals surface area contributed by atoms with Gasteiger partial charge in [-0.1, -0.05) is 36.4 Å². The molecule has 0 saturated carbocycles. The van der Waals surface area contributed by atoms with Gasteiger partial charge in [-0.15, -0.1) is 0 Å². The summed E-state index contributed by atoms with van der Waals surface area (Å²) in [6.07, 6.45) is 5.12. The van der Waals surface area contributed by atoms with Gasteiger partial charge >= 0.3 is 6.09 Å². The molecule has 0 bridgehead atoms. The molecule has 3 aromatic carbocycles. The molecule has 44 heavy (non-hydrogen) atoms. The fourth-order valence-corrected chi connectivity index (χ4v) is 6.62. The molecule has 0 unspecified atom stereocenters. The van der Waals surface area contributed by atoms with Crippen molar-refractivity contribution in [2.24, 2.45) is 7.05 Å². The van der Waals surface area contributed by atoms with Crippen LogP contribution in [0.15, 0.2) is 73.1 Å². The van der Waals surface area contributed by atoms with Gasteiger partial charge in [-0.05, 0) is 82.5 Å². The highest BCUT2D eigenvalue weighted by molar-refractivity contribution is 5.81. The van der Waals surface area contributed by atoms with E-state index in [0.29, 0.717) is 30.6 Å². The standard InChI is InChI=1S/C35H35F2N5O2/c1-40-21-28(19-39-40)29-15-25-8-5-11-42(32(25)17-30(29)34(36)37)33-16-26(14-27-18-38-20-31(27)33)24-9-12-41(13-10-24)35(43)44-22-23-6-3-2-4-7-23/h2-4,6-7,9,14-17,19,21,34,38H,5,8,10-13,18,20,22H2,1H3. The van der Waals surface area contributed by atoms with Crippen LogP contribution in [0.3, 0.4) is 0 Å². The fraction of sp³-hybridized carbons (Fsp3) is 0.314. The van der Waals surface area contributed by atoms with E-state index < -0.39 is 6.43 Å². The van der Waals surface area contributed by atoms with Crippen molar-refractivity contribution in [2.45, 2.75) is 45.4 Å². The Balaban J connectivity index is 1.17. The molecule has 1 amide bonds. The maximum Gasteiger partial charge on any atom is 0.410 e. The topological polar surface area (TPSA) is 62.6 Å². The van der Waals surface area contributed by atoms with E-state index in [0.717, 1.165) is 60.5 Å². The van der Waals surface area contributed by atoms with E-state index in [1.807, 2.05) is 36.4 Å². The number of aryl methyl sites for hydroxylation is 2. The molecule has 0 saturated heterocycles. The lowest BCUT2D eigenvalue weighted by Gasteiger charge is -2.34. The summed E-state index contributed by atoms with van der Waals surface area (Å²) in [5, 5.41) is 7.71. The SMILES string of the molecule is Cn1cc(-c2cc3c(cc2C(F)F)N(c2cc(C4=CCN(C(=O)OCc5ccccc5)CC4)cc4c2CNC4)CCC3)cn1. The van der Waals surface area contributed by atoms with E-state index in [1.165, 1.54) is 16.7 Å². The highest BCUT2D eigenvalue weighted by atomic mass is 19.3. The number of fused-ring (bicyclic) bond motifs is 2.